The largest absolute Gasteiger partial charge is 0.339 e. The highest BCUT2D eigenvalue weighted by molar-refractivity contribution is 7.17. The molecule has 0 bridgehead atoms. The number of para-hydroxylation sites is 1. The van der Waals surface area contributed by atoms with E-state index in [1.807, 2.05) is 60.0 Å². The molecule has 2 aromatic heterocycles. The quantitative estimate of drug-likeness (QED) is 0.498. The zero-order valence-corrected chi connectivity index (χ0v) is 15.5. The van der Waals surface area contributed by atoms with E-state index in [1.165, 1.54) is 0 Å². The summed E-state index contributed by atoms with van der Waals surface area (Å²) in [7, 11) is 0. The number of carbonyl (C=O) groups is 1. The van der Waals surface area contributed by atoms with Crippen molar-refractivity contribution in [1.29, 1.82) is 5.26 Å². The topological polar surface area (TPSA) is 90.7 Å². The fourth-order valence-corrected chi connectivity index (χ4v) is 3.61. The van der Waals surface area contributed by atoms with Crippen LogP contribution < -0.4 is 10.6 Å². The van der Waals surface area contributed by atoms with Crippen molar-refractivity contribution in [3.63, 3.8) is 0 Å². The monoisotopic (exact) mass is 385 g/mol. The summed E-state index contributed by atoms with van der Waals surface area (Å²) in [5.41, 5.74) is 3.97. The van der Waals surface area contributed by atoms with Gasteiger partial charge in [0.05, 0.1) is 22.0 Å². The van der Waals surface area contributed by atoms with Crippen LogP contribution in [-0.4, -0.2) is 22.4 Å². The Kier molecular flexibility index (Phi) is 4.95. The van der Waals surface area contributed by atoms with Crippen molar-refractivity contribution in [2.24, 2.45) is 0 Å². The van der Waals surface area contributed by atoms with Gasteiger partial charge in [-0.3, -0.25) is 4.79 Å². The van der Waals surface area contributed by atoms with Gasteiger partial charge in [-0.1, -0.05) is 30.3 Å². The van der Waals surface area contributed by atoms with Crippen LogP contribution in [0.25, 0.3) is 21.5 Å². The van der Waals surface area contributed by atoms with Gasteiger partial charge in [-0.25, -0.2) is 9.97 Å². The van der Waals surface area contributed by atoms with Crippen molar-refractivity contribution in [3.05, 3.63) is 71.6 Å². The van der Waals surface area contributed by atoms with Gasteiger partial charge in [-0.05, 0) is 35.7 Å². The molecule has 28 heavy (non-hydrogen) atoms. The summed E-state index contributed by atoms with van der Waals surface area (Å²) in [5, 5.41) is 16.3. The van der Waals surface area contributed by atoms with E-state index in [0.717, 1.165) is 27.2 Å². The third-order valence-corrected chi connectivity index (χ3v) is 4.99. The second-order valence-corrected chi connectivity index (χ2v) is 6.86. The van der Waals surface area contributed by atoms with Crippen LogP contribution in [0.1, 0.15) is 10.4 Å². The zero-order chi connectivity index (χ0) is 19.3. The Balaban J connectivity index is 1.69. The molecule has 0 saturated carbocycles. The van der Waals surface area contributed by atoms with Gasteiger partial charge in [0.25, 0.3) is 5.91 Å². The number of nitriles is 1. The predicted octanol–water partition coefficient (Wildman–Crippen LogP) is 4.36. The second kappa shape index (κ2) is 7.86. The number of amides is 1. The van der Waals surface area contributed by atoms with E-state index in [9.17, 15) is 4.79 Å². The first-order valence-corrected chi connectivity index (χ1v) is 9.45. The van der Waals surface area contributed by atoms with Crippen molar-refractivity contribution in [3.8, 4) is 17.3 Å². The number of aromatic nitrogens is 2. The van der Waals surface area contributed by atoms with Crippen LogP contribution in [0.2, 0.25) is 0 Å². The van der Waals surface area contributed by atoms with Crippen LogP contribution in [0.5, 0.6) is 0 Å². The Hall–Kier alpha value is -3.76. The molecule has 2 N–H and O–H groups in total. The number of carbonyl (C=O) groups excluding carboxylic acids is 1. The molecule has 1 amide bonds. The lowest BCUT2D eigenvalue weighted by Gasteiger charge is -2.09. The van der Waals surface area contributed by atoms with E-state index in [4.69, 9.17) is 10.2 Å². The maximum Gasteiger partial charge on any atom is 0.252 e. The number of nitrogens with one attached hydrogen (secondary N) is 2. The first kappa shape index (κ1) is 17.6. The third-order valence-electron chi connectivity index (χ3n) is 4.08. The Labute approximate surface area is 165 Å². The molecule has 136 valence electrons. The summed E-state index contributed by atoms with van der Waals surface area (Å²) < 4.78 is 0.986. The molecule has 7 heteroatoms. The van der Waals surface area contributed by atoms with E-state index in [-0.39, 0.29) is 12.5 Å². The van der Waals surface area contributed by atoms with Crippen LogP contribution in [0.3, 0.4) is 0 Å². The first-order chi connectivity index (χ1) is 13.7. The Morgan fingerprint density at radius 3 is 2.57 bits per heavy atom. The van der Waals surface area contributed by atoms with Crippen LogP contribution in [-0.2, 0) is 0 Å². The SMILES string of the molecule is N#CCNC(=O)c1ccc(-c2nc(Nc3ccccc3)nc3ccsc23)cc1. The predicted molar refractivity (Wildman–Crippen MR) is 111 cm³/mol. The third kappa shape index (κ3) is 3.68. The Morgan fingerprint density at radius 1 is 1.04 bits per heavy atom. The number of benzene rings is 2. The minimum Gasteiger partial charge on any atom is -0.339 e. The summed E-state index contributed by atoms with van der Waals surface area (Å²) in [6.07, 6.45) is 0. The van der Waals surface area contributed by atoms with Crippen LogP contribution in [0.4, 0.5) is 11.6 Å². The van der Waals surface area contributed by atoms with Crippen molar-refractivity contribution in [2.75, 3.05) is 11.9 Å². The fraction of sp³-hybridized carbons (Fsp3) is 0.0476. The highest BCUT2D eigenvalue weighted by atomic mass is 32.1. The summed E-state index contributed by atoms with van der Waals surface area (Å²) in [5.74, 6) is 0.242. The first-order valence-electron chi connectivity index (χ1n) is 8.57. The van der Waals surface area contributed by atoms with Crippen molar-refractivity contribution < 1.29 is 4.79 Å². The summed E-state index contributed by atoms with van der Waals surface area (Å²) in [6, 6.07) is 20.8. The molecule has 0 unspecified atom stereocenters. The molecule has 0 spiro atoms. The van der Waals surface area contributed by atoms with Crippen LogP contribution in [0, 0.1) is 11.3 Å². The van der Waals surface area contributed by atoms with E-state index in [0.29, 0.717) is 11.5 Å². The molecular weight excluding hydrogens is 370 g/mol. The lowest BCUT2D eigenvalue weighted by molar-refractivity contribution is 0.0958. The molecule has 0 aliphatic carbocycles. The highest BCUT2D eigenvalue weighted by Crippen LogP contribution is 2.32. The van der Waals surface area contributed by atoms with E-state index >= 15 is 0 Å². The number of anilines is 2. The number of fused-ring (bicyclic) bond motifs is 1. The van der Waals surface area contributed by atoms with Gasteiger partial charge in [0.2, 0.25) is 5.95 Å². The van der Waals surface area contributed by atoms with Gasteiger partial charge >= 0.3 is 0 Å². The number of thiophene rings is 1. The molecule has 0 aliphatic rings. The molecular formula is C21H15N5OS. The molecule has 2 aromatic carbocycles. The number of hydrogen-bond donors (Lipinski definition) is 2. The molecule has 0 fully saturated rings. The fourth-order valence-electron chi connectivity index (χ4n) is 2.77. The lowest BCUT2D eigenvalue weighted by atomic mass is 10.1. The van der Waals surface area contributed by atoms with Crippen LogP contribution in [0.15, 0.2) is 66.0 Å². The normalized spacial score (nSPS) is 10.4. The molecule has 6 nitrogen and oxygen atoms in total. The Morgan fingerprint density at radius 2 is 1.82 bits per heavy atom. The molecule has 4 aromatic rings. The minimum atomic E-state index is -0.275. The maximum absolute atomic E-state index is 12.0. The van der Waals surface area contributed by atoms with Crippen molar-refractivity contribution in [1.82, 2.24) is 15.3 Å². The molecule has 0 aliphatic heterocycles. The van der Waals surface area contributed by atoms with E-state index in [1.54, 1.807) is 23.5 Å². The van der Waals surface area contributed by atoms with Gasteiger partial charge in [-0.2, -0.15) is 5.26 Å². The maximum atomic E-state index is 12.0. The van der Waals surface area contributed by atoms with Gasteiger partial charge in [-0.15, -0.1) is 11.3 Å². The molecule has 0 atom stereocenters. The summed E-state index contributed by atoms with van der Waals surface area (Å²) in [4.78, 5) is 21.3. The smallest absolute Gasteiger partial charge is 0.252 e. The summed E-state index contributed by atoms with van der Waals surface area (Å²) in [6.45, 7) is -0.0170. The number of rotatable bonds is 5. The van der Waals surface area contributed by atoms with Gasteiger partial charge in [0, 0.05) is 16.8 Å². The minimum absolute atomic E-state index is 0.0170. The number of nitrogens with zero attached hydrogens (tertiary/aromatic N) is 3. The standard InChI is InChI=1S/C21H15N5OS/c22-11-12-23-20(27)15-8-6-14(7-9-15)18-19-17(10-13-28-19)25-21(26-18)24-16-4-2-1-3-5-16/h1-10,13H,12H2,(H,23,27)(H,24,25,26). The molecule has 4 rings (SSSR count). The lowest BCUT2D eigenvalue weighted by Crippen LogP contribution is -2.23. The summed E-state index contributed by atoms with van der Waals surface area (Å²) >= 11 is 1.58. The van der Waals surface area contributed by atoms with E-state index < -0.39 is 0 Å². The number of hydrogen-bond acceptors (Lipinski definition) is 6. The average Bonchev–Trinajstić information content (AvgIpc) is 3.21. The second-order valence-electron chi connectivity index (χ2n) is 5.94. The van der Waals surface area contributed by atoms with Crippen molar-refractivity contribution in [2.45, 2.75) is 0 Å². The van der Waals surface area contributed by atoms with Gasteiger partial charge in [0.1, 0.15) is 6.54 Å². The Bertz CT molecular complexity index is 1160. The van der Waals surface area contributed by atoms with Crippen molar-refractivity contribution >= 4 is 39.1 Å². The average molecular weight is 385 g/mol. The molecule has 0 saturated heterocycles. The molecule has 0 radical (unpaired) electrons. The van der Waals surface area contributed by atoms with Crippen LogP contribution >= 0.6 is 11.3 Å². The van der Waals surface area contributed by atoms with E-state index in [2.05, 4.69) is 15.6 Å². The molecule has 2 heterocycles. The van der Waals surface area contributed by atoms with Gasteiger partial charge < -0.3 is 10.6 Å². The highest BCUT2D eigenvalue weighted by Gasteiger charge is 2.12. The van der Waals surface area contributed by atoms with Gasteiger partial charge in [0.15, 0.2) is 0 Å². The zero-order valence-electron chi connectivity index (χ0n) is 14.7.